The molecule has 0 spiro atoms. The normalized spacial score (nSPS) is 10.6. The number of hydrogen-bond acceptors (Lipinski definition) is 5. The molecule has 33 heavy (non-hydrogen) atoms. The van der Waals surface area contributed by atoms with Crippen molar-refractivity contribution < 1.29 is 19.1 Å². The molecule has 7 nitrogen and oxygen atoms in total. The van der Waals surface area contributed by atoms with Crippen LogP contribution in [0.1, 0.15) is 18.1 Å². The number of halogens is 2. The van der Waals surface area contributed by atoms with Crippen molar-refractivity contribution in [1.29, 1.82) is 0 Å². The summed E-state index contributed by atoms with van der Waals surface area (Å²) in [6.45, 7) is 2.57. The quantitative estimate of drug-likeness (QED) is 0.265. The molecular formula is C24H21Cl2N3O4. The maximum Gasteiger partial charge on any atom is 0.329 e. The first-order chi connectivity index (χ1) is 16.0. The molecule has 2 N–H and O–H groups in total. The Labute approximate surface area is 201 Å². The number of nitrogens with zero attached hydrogens (tertiary/aromatic N) is 1. The van der Waals surface area contributed by atoms with Crippen molar-refractivity contribution in [2.24, 2.45) is 5.10 Å². The van der Waals surface area contributed by atoms with Crippen LogP contribution >= 0.6 is 23.2 Å². The molecule has 9 heteroatoms. The van der Waals surface area contributed by atoms with Gasteiger partial charge in [0.15, 0.2) is 11.5 Å². The second-order valence-corrected chi connectivity index (χ2v) is 7.47. The van der Waals surface area contributed by atoms with Gasteiger partial charge in [0.1, 0.15) is 6.61 Å². The van der Waals surface area contributed by atoms with Gasteiger partial charge in [-0.05, 0) is 48.9 Å². The molecule has 0 bridgehead atoms. The van der Waals surface area contributed by atoms with Crippen LogP contribution in [0.15, 0.2) is 71.8 Å². The maximum atomic E-state index is 12.0. The van der Waals surface area contributed by atoms with Crippen molar-refractivity contribution in [3.8, 4) is 11.5 Å². The molecule has 0 aromatic heterocycles. The Hall–Kier alpha value is -3.55. The predicted octanol–water partition coefficient (Wildman–Crippen LogP) is 5.06. The minimum atomic E-state index is -0.934. The fraction of sp³-hybridized carbons (Fsp3) is 0.125. The van der Waals surface area contributed by atoms with Gasteiger partial charge in [0.05, 0.1) is 23.5 Å². The summed E-state index contributed by atoms with van der Waals surface area (Å²) in [6.07, 6.45) is 1.39. The molecule has 0 fully saturated rings. The van der Waals surface area contributed by atoms with Crippen LogP contribution in [0.2, 0.25) is 10.0 Å². The molecular weight excluding hydrogens is 465 g/mol. The van der Waals surface area contributed by atoms with Crippen LogP contribution in [0.25, 0.3) is 0 Å². The first kappa shape index (κ1) is 24.1. The number of carbonyl (C=O) groups excluding carboxylic acids is 2. The number of hydrogen-bond donors (Lipinski definition) is 2. The van der Waals surface area contributed by atoms with Crippen LogP contribution < -0.4 is 20.2 Å². The van der Waals surface area contributed by atoms with Gasteiger partial charge in [0.25, 0.3) is 0 Å². The van der Waals surface area contributed by atoms with Crippen LogP contribution in [-0.2, 0) is 16.2 Å². The van der Waals surface area contributed by atoms with E-state index in [0.717, 1.165) is 5.56 Å². The summed E-state index contributed by atoms with van der Waals surface area (Å²) in [5, 5.41) is 7.19. The summed E-state index contributed by atoms with van der Waals surface area (Å²) in [7, 11) is 0. The van der Waals surface area contributed by atoms with Crippen molar-refractivity contribution in [3.05, 3.63) is 87.9 Å². The summed E-state index contributed by atoms with van der Waals surface area (Å²) in [4.78, 5) is 24.0. The molecule has 3 rings (SSSR count). The van der Waals surface area contributed by atoms with Crippen LogP contribution in [0, 0.1) is 0 Å². The Morgan fingerprint density at radius 2 is 1.64 bits per heavy atom. The Bertz CT molecular complexity index is 1170. The number of ether oxygens (including phenoxy) is 2. The molecule has 0 saturated carbocycles. The summed E-state index contributed by atoms with van der Waals surface area (Å²) in [6, 6.07) is 19.2. The standard InChI is InChI=1S/C24H21Cl2N3O4/c1-2-32-22-13-16(11-12-21(22)33-15-17-7-3-4-8-18(17)25)14-27-29-24(31)23(30)28-20-10-6-5-9-19(20)26/h3-14H,2,15H2,1H3,(H,28,30)(H,29,31)/b27-14+. The zero-order valence-electron chi connectivity index (χ0n) is 17.7. The van der Waals surface area contributed by atoms with Crippen molar-refractivity contribution in [1.82, 2.24) is 5.43 Å². The zero-order chi connectivity index (χ0) is 23.6. The number of anilines is 1. The Morgan fingerprint density at radius 1 is 0.909 bits per heavy atom. The molecule has 3 aromatic carbocycles. The van der Waals surface area contributed by atoms with E-state index in [9.17, 15) is 9.59 Å². The first-order valence-corrected chi connectivity index (χ1v) is 10.8. The highest BCUT2D eigenvalue weighted by molar-refractivity contribution is 6.41. The summed E-state index contributed by atoms with van der Waals surface area (Å²) in [5.41, 5.74) is 4.00. The molecule has 0 radical (unpaired) electrons. The number of carbonyl (C=O) groups is 2. The number of amides is 2. The molecule has 170 valence electrons. The lowest BCUT2D eigenvalue weighted by Crippen LogP contribution is -2.32. The second kappa shape index (κ2) is 11.9. The van der Waals surface area contributed by atoms with E-state index in [1.54, 1.807) is 48.5 Å². The van der Waals surface area contributed by atoms with Crippen LogP contribution in [0.5, 0.6) is 11.5 Å². The number of benzene rings is 3. The molecule has 0 saturated heterocycles. The van der Waals surface area contributed by atoms with Gasteiger partial charge in [0.2, 0.25) is 0 Å². The highest BCUT2D eigenvalue weighted by Crippen LogP contribution is 2.29. The molecule has 0 heterocycles. The molecule has 2 amide bonds. The molecule has 0 aliphatic heterocycles. The summed E-state index contributed by atoms with van der Waals surface area (Å²) >= 11 is 12.1. The maximum absolute atomic E-state index is 12.0. The lowest BCUT2D eigenvalue weighted by Gasteiger charge is -2.13. The number of rotatable bonds is 8. The molecule has 3 aromatic rings. The van der Waals surface area contributed by atoms with Gasteiger partial charge in [-0.3, -0.25) is 9.59 Å². The zero-order valence-corrected chi connectivity index (χ0v) is 19.2. The molecule has 0 atom stereocenters. The van der Waals surface area contributed by atoms with Gasteiger partial charge in [0, 0.05) is 10.6 Å². The van der Waals surface area contributed by atoms with E-state index in [2.05, 4.69) is 15.8 Å². The van der Waals surface area contributed by atoms with Crippen LogP contribution in [0.3, 0.4) is 0 Å². The lowest BCUT2D eigenvalue weighted by atomic mass is 10.2. The first-order valence-electron chi connectivity index (χ1n) is 10.00. The Balaban J connectivity index is 1.61. The van der Waals surface area contributed by atoms with E-state index >= 15 is 0 Å². The number of para-hydroxylation sites is 1. The SMILES string of the molecule is CCOc1cc(/C=N/NC(=O)C(=O)Nc2ccccc2Cl)ccc1OCc1ccccc1Cl. The Morgan fingerprint density at radius 3 is 2.36 bits per heavy atom. The fourth-order valence-electron chi connectivity index (χ4n) is 2.72. The van der Waals surface area contributed by atoms with E-state index < -0.39 is 11.8 Å². The van der Waals surface area contributed by atoms with Gasteiger partial charge in [-0.2, -0.15) is 5.10 Å². The average molecular weight is 486 g/mol. The van der Waals surface area contributed by atoms with Crippen molar-refractivity contribution in [2.75, 3.05) is 11.9 Å². The monoisotopic (exact) mass is 485 g/mol. The van der Waals surface area contributed by atoms with Gasteiger partial charge in [-0.25, -0.2) is 5.43 Å². The molecule has 0 aliphatic rings. The second-order valence-electron chi connectivity index (χ2n) is 6.65. The third-order valence-electron chi connectivity index (χ3n) is 4.32. The van der Waals surface area contributed by atoms with E-state index in [4.69, 9.17) is 32.7 Å². The summed E-state index contributed by atoms with van der Waals surface area (Å²) in [5.74, 6) is -0.775. The van der Waals surface area contributed by atoms with E-state index in [1.165, 1.54) is 6.21 Å². The third-order valence-corrected chi connectivity index (χ3v) is 5.01. The Kier molecular flexibility index (Phi) is 8.69. The van der Waals surface area contributed by atoms with E-state index in [-0.39, 0.29) is 6.61 Å². The third kappa shape index (κ3) is 6.97. The predicted molar refractivity (Wildman–Crippen MR) is 129 cm³/mol. The van der Waals surface area contributed by atoms with E-state index in [0.29, 0.717) is 39.4 Å². The molecule has 0 unspecified atom stereocenters. The highest BCUT2D eigenvalue weighted by Gasteiger charge is 2.14. The number of hydrazone groups is 1. The fourth-order valence-corrected chi connectivity index (χ4v) is 3.09. The molecule has 0 aliphatic carbocycles. The highest BCUT2D eigenvalue weighted by atomic mass is 35.5. The lowest BCUT2D eigenvalue weighted by molar-refractivity contribution is -0.136. The van der Waals surface area contributed by atoms with Crippen molar-refractivity contribution >= 4 is 46.9 Å². The van der Waals surface area contributed by atoms with Gasteiger partial charge in [-0.1, -0.05) is 53.5 Å². The van der Waals surface area contributed by atoms with Crippen LogP contribution in [0.4, 0.5) is 5.69 Å². The average Bonchev–Trinajstić information content (AvgIpc) is 2.81. The van der Waals surface area contributed by atoms with Gasteiger partial charge < -0.3 is 14.8 Å². The minimum Gasteiger partial charge on any atom is -0.490 e. The smallest absolute Gasteiger partial charge is 0.329 e. The van der Waals surface area contributed by atoms with Crippen molar-refractivity contribution in [2.45, 2.75) is 13.5 Å². The minimum absolute atomic E-state index is 0.282. The van der Waals surface area contributed by atoms with E-state index in [1.807, 2.05) is 25.1 Å². The van der Waals surface area contributed by atoms with Gasteiger partial charge in [-0.15, -0.1) is 0 Å². The van der Waals surface area contributed by atoms with Crippen molar-refractivity contribution in [3.63, 3.8) is 0 Å². The number of nitrogens with one attached hydrogen (secondary N) is 2. The van der Waals surface area contributed by atoms with Crippen LogP contribution in [-0.4, -0.2) is 24.6 Å². The van der Waals surface area contributed by atoms with Gasteiger partial charge >= 0.3 is 11.8 Å². The topological polar surface area (TPSA) is 89.0 Å². The largest absolute Gasteiger partial charge is 0.490 e. The summed E-state index contributed by atoms with van der Waals surface area (Å²) < 4.78 is 11.5.